The number of carbonyl (C=O) groups excluding carboxylic acids is 2. The standard InChI is InChI=1S/C24H22N4O4S2/c1-15(29)17-6-8-19(9-7-17)26-24(33)27-20-4-3-5-22(14-20)34-16(2)23(30)25-18-10-12-21(13-11-18)28(31)32/h3-14,16H,1-2H3,(H,25,30)(H2,26,27,33). The van der Waals surface area contributed by atoms with E-state index in [-0.39, 0.29) is 17.4 Å². The molecular weight excluding hydrogens is 472 g/mol. The van der Waals surface area contributed by atoms with E-state index in [9.17, 15) is 19.7 Å². The van der Waals surface area contributed by atoms with Gasteiger partial charge in [-0.3, -0.25) is 19.7 Å². The van der Waals surface area contributed by atoms with Gasteiger partial charge in [-0.25, -0.2) is 0 Å². The number of hydrogen-bond acceptors (Lipinski definition) is 6. The van der Waals surface area contributed by atoms with Gasteiger partial charge in [0.15, 0.2) is 10.9 Å². The number of ketones is 1. The fraction of sp³-hybridized carbons (Fsp3) is 0.125. The summed E-state index contributed by atoms with van der Waals surface area (Å²) in [5.41, 5.74) is 2.59. The third-order valence-electron chi connectivity index (χ3n) is 4.67. The summed E-state index contributed by atoms with van der Waals surface area (Å²) in [6, 6.07) is 20.2. The number of nitro groups is 1. The van der Waals surface area contributed by atoms with Gasteiger partial charge in [0, 0.05) is 39.7 Å². The molecule has 0 aliphatic heterocycles. The number of rotatable bonds is 8. The van der Waals surface area contributed by atoms with Crippen molar-refractivity contribution >= 4 is 63.5 Å². The normalized spacial score (nSPS) is 11.2. The van der Waals surface area contributed by atoms with Gasteiger partial charge < -0.3 is 16.0 Å². The molecule has 1 amide bonds. The highest BCUT2D eigenvalue weighted by molar-refractivity contribution is 8.00. The molecule has 3 aromatic rings. The maximum absolute atomic E-state index is 12.5. The Kier molecular flexibility index (Phi) is 8.34. The second-order valence-electron chi connectivity index (χ2n) is 7.29. The van der Waals surface area contributed by atoms with Crippen molar-refractivity contribution in [3.8, 4) is 0 Å². The monoisotopic (exact) mass is 494 g/mol. The molecule has 1 unspecified atom stereocenters. The fourth-order valence-corrected chi connectivity index (χ4v) is 4.06. The number of anilines is 3. The molecule has 174 valence electrons. The summed E-state index contributed by atoms with van der Waals surface area (Å²) in [6.45, 7) is 3.29. The predicted molar refractivity (Wildman–Crippen MR) is 140 cm³/mol. The molecule has 0 bridgehead atoms. The number of Topliss-reactive ketones (excluding diaryl/α,β-unsaturated/α-hetero) is 1. The van der Waals surface area contributed by atoms with Gasteiger partial charge in [0.2, 0.25) is 5.91 Å². The van der Waals surface area contributed by atoms with Crippen molar-refractivity contribution < 1.29 is 14.5 Å². The van der Waals surface area contributed by atoms with Crippen LogP contribution in [0.15, 0.2) is 77.7 Å². The molecule has 0 saturated heterocycles. The van der Waals surface area contributed by atoms with Crippen LogP contribution in [0.1, 0.15) is 24.2 Å². The molecule has 10 heteroatoms. The lowest BCUT2D eigenvalue weighted by atomic mass is 10.1. The van der Waals surface area contributed by atoms with Crippen molar-refractivity contribution in [3.63, 3.8) is 0 Å². The summed E-state index contributed by atoms with van der Waals surface area (Å²) in [4.78, 5) is 35.1. The molecule has 0 spiro atoms. The maximum Gasteiger partial charge on any atom is 0.269 e. The van der Waals surface area contributed by atoms with Gasteiger partial charge in [0.25, 0.3) is 5.69 Å². The zero-order valence-electron chi connectivity index (χ0n) is 18.4. The van der Waals surface area contributed by atoms with Gasteiger partial charge >= 0.3 is 0 Å². The predicted octanol–water partition coefficient (Wildman–Crippen LogP) is 5.73. The van der Waals surface area contributed by atoms with Gasteiger partial charge in [0.1, 0.15) is 0 Å². The smallest absolute Gasteiger partial charge is 0.269 e. The first-order valence-electron chi connectivity index (χ1n) is 10.2. The zero-order chi connectivity index (χ0) is 24.7. The van der Waals surface area contributed by atoms with Crippen molar-refractivity contribution in [2.45, 2.75) is 24.0 Å². The number of nitro benzene ring substituents is 1. The molecule has 0 fully saturated rings. The number of benzene rings is 3. The first-order valence-corrected chi connectivity index (χ1v) is 11.5. The van der Waals surface area contributed by atoms with Crippen LogP contribution in [0.3, 0.4) is 0 Å². The molecular formula is C24H22N4O4S2. The van der Waals surface area contributed by atoms with E-state index in [1.54, 1.807) is 31.2 Å². The van der Waals surface area contributed by atoms with Crippen LogP contribution in [0, 0.1) is 10.1 Å². The first kappa shape index (κ1) is 24.9. The fourth-order valence-electron chi connectivity index (χ4n) is 2.90. The van der Waals surface area contributed by atoms with Crippen LogP contribution in [0.5, 0.6) is 0 Å². The minimum Gasteiger partial charge on any atom is -0.332 e. The lowest BCUT2D eigenvalue weighted by molar-refractivity contribution is -0.384. The van der Waals surface area contributed by atoms with Crippen molar-refractivity contribution in [1.29, 1.82) is 0 Å². The molecule has 1 atom stereocenters. The third kappa shape index (κ3) is 7.12. The van der Waals surface area contributed by atoms with Crippen LogP contribution in [0.4, 0.5) is 22.7 Å². The Bertz CT molecular complexity index is 1210. The van der Waals surface area contributed by atoms with Crippen LogP contribution < -0.4 is 16.0 Å². The summed E-state index contributed by atoms with van der Waals surface area (Å²) in [5.74, 6) is -0.222. The zero-order valence-corrected chi connectivity index (χ0v) is 20.0. The quantitative estimate of drug-likeness (QED) is 0.120. The molecule has 3 N–H and O–H groups in total. The van der Waals surface area contributed by atoms with Crippen LogP contribution >= 0.6 is 24.0 Å². The van der Waals surface area contributed by atoms with E-state index < -0.39 is 10.2 Å². The minimum absolute atomic E-state index is 0.00257. The van der Waals surface area contributed by atoms with Crippen LogP contribution in [0.2, 0.25) is 0 Å². The van der Waals surface area contributed by atoms with Gasteiger partial charge in [-0.15, -0.1) is 11.8 Å². The largest absolute Gasteiger partial charge is 0.332 e. The average Bonchev–Trinajstić information content (AvgIpc) is 2.80. The van der Waals surface area contributed by atoms with Crippen LogP contribution in [0.25, 0.3) is 0 Å². The number of carbonyl (C=O) groups is 2. The highest BCUT2D eigenvalue weighted by Crippen LogP contribution is 2.27. The van der Waals surface area contributed by atoms with Gasteiger partial charge in [-0.05, 0) is 80.7 Å². The Morgan fingerprint density at radius 2 is 1.50 bits per heavy atom. The number of nitrogens with zero attached hydrogens (tertiary/aromatic N) is 1. The SMILES string of the molecule is CC(=O)c1ccc(NC(=S)Nc2cccc(SC(C)C(=O)Nc3ccc([N+](=O)[O-])cc3)c2)cc1. The number of thiocarbonyl (C=S) groups is 1. The van der Waals surface area contributed by atoms with Crippen molar-refractivity contribution in [1.82, 2.24) is 0 Å². The molecule has 0 heterocycles. The molecule has 3 aromatic carbocycles. The van der Waals surface area contributed by atoms with E-state index in [4.69, 9.17) is 12.2 Å². The number of nitrogens with one attached hydrogen (secondary N) is 3. The Morgan fingerprint density at radius 1 is 0.912 bits per heavy atom. The molecule has 3 rings (SSSR count). The molecule has 0 aliphatic rings. The molecule has 0 aromatic heterocycles. The van der Waals surface area contributed by atoms with Gasteiger partial charge in [-0.2, -0.15) is 0 Å². The van der Waals surface area contributed by atoms with Gasteiger partial charge in [-0.1, -0.05) is 6.07 Å². The molecule has 8 nitrogen and oxygen atoms in total. The summed E-state index contributed by atoms with van der Waals surface area (Å²) < 4.78 is 0. The van der Waals surface area contributed by atoms with E-state index in [1.165, 1.54) is 43.0 Å². The topological polar surface area (TPSA) is 113 Å². The third-order valence-corrected chi connectivity index (χ3v) is 5.97. The van der Waals surface area contributed by atoms with Gasteiger partial charge in [0.05, 0.1) is 10.2 Å². The van der Waals surface area contributed by atoms with E-state index in [0.29, 0.717) is 16.4 Å². The van der Waals surface area contributed by atoms with Crippen LogP contribution in [-0.2, 0) is 4.79 Å². The maximum atomic E-state index is 12.5. The molecule has 0 aliphatic carbocycles. The molecule has 34 heavy (non-hydrogen) atoms. The summed E-state index contributed by atoms with van der Waals surface area (Å²) in [6.07, 6.45) is 0. The highest BCUT2D eigenvalue weighted by Gasteiger charge is 2.15. The van der Waals surface area contributed by atoms with Crippen LogP contribution in [-0.4, -0.2) is 27.0 Å². The van der Waals surface area contributed by atoms with E-state index >= 15 is 0 Å². The highest BCUT2D eigenvalue weighted by atomic mass is 32.2. The Morgan fingerprint density at radius 3 is 2.12 bits per heavy atom. The van der Waals surface area contributed by atoms with E-state index in [1.807, 2.05) is 24.3 Å². The van der Waals surface area contributed by atoms with Crippen molar-refractivity contribution in [3.05, 3.63) is 88.5 Å². The second-order valence-corrected chi connectivity index (χ2v) is 9.12. The summed E-state index contributed by atoms with van der Waals surface area (Å²) in [7, 11) is 0. The minimum atomic E-state index is -0.490. The number of thioether (sulfide) groups is 1. The Hall–Kier alpha value is -3.76. The molecule has 0 radical (unpaired) electrons. The average molecular weight is 495 g/mol. The molecule has 0 saturated carbocycles. The number of hydrogen-bond donors (Lipinski definition) is 3. The lowest BCUT2D eigenvalue weighted by Gasteiger charge is -2.14. The second kappa shape index (κ2) is 11.4. The summed E-state index contributed by atoms with van der Waals surface area (Å²) in [5, 5.41) is 19.7. The van der Waals surface area contributed by atoms with E-state index in [0.717, 1.165) is 16.3 Å². The number of amides is 1. The Balaban J connectivity index is 1.55. The Labute approximate surface area is 206 Å². The van der Waals surface area contributed by atoms with Crippen molar-refractivity contribution in [2.24, 2.45) is 0 Å². The van der Waals surface area contributed by atoms with Crippen molar-refractivity contribution in [2.75, 3.05) is 16.0 Å². The lowest BCUT2D eigenvalue weighted by Crippen LogP contribution is -2.22. The van der Waals surface area contributed by atoms with E-state index in [2.05, 4.69) is 16.0 Å². The first-order chi connectivity index (χ1) is 16.2. The summed E-state index contributed by atoms with van der Waals surface area (Å²) >= 11 is 6.74. The number of non-ortho nitro benzene ring substituents is 1.